The van der Waals surface area contributed by atoms with Crippen molar-refractivity contribution in [1.29, 1.82) is 0 Å². The number of hydrogen-bond donors (Lipinski definition) is 1. The van der Waals surface area contributed by atoms with Crippen molar-refractivity contribution in [1.82, 2.24) is 0 Å². The molecule has 0 spiro atoms. The van der Waals surface area contributed by atoms with Crippen LogP contribution in [-0.4, -0.2) is 12.6 Å². The van der Waals surface area contributed by atoms with E-state index in [0.717, 1.165) is 31.4 Å². The average molecular weight is 235 g/mol. The van der Waals surface area contributed by atoms with Crippen LogP contribution in [-0.2, 0) is 5.67 Å². The van der Waals surface area contributed by atoms with E-state index in [-0.39, 0.29) is 12.5 Å². The Morgan fingerprint density at radius 2 is 1.82 bits per heavy atom. The molecular weight excluding hydrogens is 217 g/mol. The van der Waals surface area contributed by atoms with Gasteiger partial charge in [-0.3, -0.25) is 0 Å². The van der Waals surface area contributed by atoms with Crippen LogP contribution in [0, 0.1) is 5.92 Å². The van der Waals surface area contributed by atoms with Gasteiger partial charge in [0.25, 0.3) is 0 Å². The maximum atomic E-state index is 14.7. The van der Waals surface area contributed by atoms with Crippen LogP contribution in [0.4, 0.5) is 4.39 Å². The summed E-state index contributed by atoms with van der Waals surface area (Å²) in [5.74, 6) is 0.953. The number of hydrogen-bond acceptors (Lipinski definition) is 2. The molecule has 0 aromatic heterocycles. The van der Waals surface area contributed by atoms with Gasteiger partial charge in [-0.25, -0.2) is 4.39 Å². The first-order chi connectivity index (χ1) is 8.22. The van der Waals surface area contributed by atoms with Crippen LogP contribution < -0.4 is 10.5 Å². The second-order valence-corrected chi connectivity index (χ2v) is 5.18. The molecule has 17 heavy (non-hydrogen) atoms. The molecule has 0 saturated heterocycles. The Kier molecular flexibility index (Phi) is 2.58. The van der Waals surface area contributed by atoms with E-state index in [2.05, 4.69) is 0 Å². The highest BCUT2D eigenvalue weighted by molar-refractivity contribution is 5.33. The van der Waals surface area contributed by atoms with E-state index in [4.69, 9.17) is 10.5 Å². The third kappa shape index (κ3) is 2.16. The van der Waals surface area contributed by atoms with Crippen molar-refractivity contribution >= 4 is 0 Å². The summed E-state index contributed by atoms with van der Waals surface area (Å²) in [6, 6.07) is 7.37. The minimum Gasteiger partial charge on any atom is -0.490 e. The molecule has 1 unspecified atom stereocenters. The van der Waals surface area contributed by atoms with E-state index < -0.39 is 5.67 Å². The molecular formula is C14H18FNO. The van der Waals surface area contributed by atoms with Crippen LogP contribution in [0.2, 0.25) is 0 Å². The fourth-order valence-electron chi connectivity index (χ4n) is 2.25. The fourth-order valence-corrected chi connectivity index (χ4v) is 2.25. The summed E-state index contributed by atoms with van der Waals surface area (Å²) in [6.45, 7) is 0.0699. The smallest absolute Gasteiger partial charge is 0.150 e. The zero-order chi connectivity index (χ0) is 11.9. The van der Waals surface area contributed by atoms with E-state index in [0.29, 0.717) is 11.7 Å². The average Bonchev–Trinajstić information content (AvgIpc) is 3.21. The van der Waals surface area contributed by atoms with Gasteiger partial charge in [0.2, 0.25) is 0 Å². The number of rotatable bonds is 5. The van der Waals surface area contributed by atoms with Gasteiger partial charge in [0, 0.05) is 6.54 Å². The second-order valence-electron chi connectivity index (χ2n) is 5.18. The van der Waals surface area contributed by atoms with Crippen LogP contribution in [0.5, 0.6) is 5.75 Å². The topological polar surface area (TPSA) is 35.2 Å². The molecule has 2 fully saturated rings. The van der Waals surface area contributed by atoms with Gasteiger partial charge in [-0.15, -0.1) is 0 Å². The van der Waals surface area contributed by atoms with Gasteiger partial charge in [0.05, 0.1) is 6.10 Å². The predicted molar refractivity (Wildman–Crippen MR) is 64.7 cm³/mol. The van der Waals surface area contributed by atoms with Crippen LogP contribution in [0.15, 0.2) is 24.3 Å². The molecule has 0 radical (unpaired) electrons. The van der Waals surface area contributed by atoms with E-state index >= 15 is 0 Å². The maximum Gasteiger partial charge on any atom is 0.150 e. The Morgan fingerprint density at radius 1 is 1.18 bits per heavy atom. The van der Waals surface area contributed by atoms with Gasteiger partial charge in [0.1, 0.15) is 5.75 Å². The normalized spacial score (nSPS) is 23.2. The predicted octanol–water partition coefficient (Wildman–Crippen LogP) is 2.76. The molecule has 1 aromatic carbocycles. The Labute approximate surface area is 101 Å². The first-order valence-corrected chi connectivity index (χ1v) is 6.38. The summed E-state index contributed by atoms with van der Waals surface area (Å²) < 4.78 is 20.3. The third-order valence-corrected chi connectivity index (χ3v) is 3.68. The molecule has 0 heterocycles. The molecule has 1 atom stereocenters. The highest BCUT2D eigenvalue weighted by Gasteiger charge is 2.46. The number of alkyl halides is 1. The quantitative estimate of drug-likeness (QED) is 0.851. The molecule has 92 valence electrons. The van der Waals surface area contributed by atoms with Crippen molar-refractivity contribution in [2.75, 3.05) is 6.54 Å². The van der Waals surface area contributed by atoms with Crippen LogP contribution in [0.25, 0.3) is 0 Å². The van der Waals surface area contributed by atoms with Crippen molar-refractivity contribution < 1.29 is 9.13 Å². The van der Waals surface area contributed by atoms with Crippen molar-refractivity contribution in [2.45, 2.75) is 37.5 Å². The molecule has 2 aliphatic carbocycles. The van der Waals surface area contributed by atoms with Crippen molar-refractivity contribution in [3.63, 3.8) is 0 Å². The van der Waals surface area contributed by atoms with Gasteiger partial charge in [-0.1, -0.05) is 12.1 Å². The Hall–Kier alpha value is -1.09. The van der Waals surface area contributed by atoms with E-state index in [1.807, 2.05) is 24.3 Å². The zero-order valence-corrected chi connectivity index (χ0v) is 9.86. The summed E-state index contributed by atoms with van der Waals surface area (Å²) in [7, 11) is 0. The number of benzene rings is 1. The third-order valence-electron chi connectivity index (χ3n) is 3.68. The molecule has 2 nitrogen and oxygen atoms in total. The number of ether oxygens (including phenoxy) is 1. The lowest BCUT2D eigenvalue weighted by Crippen LogP contribution is -2.32. The molecule has 0 amide bonds. The molecule has 0 bridgehead atoms. The molecule has 1 aromatic rings. The van der Waals surface area contributed by atoms with Gasteiger partial charge >= 0.3 is 0 Å². The molecule has 2 saturated carbocycles. The fraction of sp³-hybridized carbons (Fsp3) is 0.571. The van der Waals surface area contributed by atoms with Gasteiger partial charge in [-0.2, -0.15) is 0 Å². The Morgan fingerprint density at radius 3 is 2.29 bits per heavy atom. The highest BCUT2D eigenvalue weighted by atomic mass is 19.1. The molecule has 2 N–H and O–H groups in total. The largest absolute Gasteiger partial charge is 0.490 e. The Bertz CT molecular complexity index is 397. The SMILES string of the molecule is NCC(F)(c1ccc(OC2CC2)cc1)C1CC1. The van der Waals surface area contributed by atoms with E-state index in [9.17, 15) is 4.39 Å². The molecule has 3 rings (SSSR count). The summed E-state index contributed by atoms with van der Waals surface area (Å²) >= 11 is 0. The standard InChI is InChI=1S/C14H18FNO/c15-14(9-16,10-1-2-10)11-3-5-12(6-4-11)17-13-7-8-13/h3-6,10,13H,1-2,7-9,16H2. The number of halogens is 1. The lowest BCUT2D eigenvalue weighted by Gasteiger charge is -2.24. The minimum atomic E-state index is -1.34. The van der Waals surface area contributed by atoms with Crippen LogP contribution in [0.3, 0.4) is 0 Å². The van der Waals surface area contributed by atoms with Crippen molar-refractivity contribution in [3.05, 3.63) is 29.8 Å². The molecule has 0 aliphatic heterocycles. The zero-order valence-electron chi connectivity index (χ0n) is 9.86. The highest BCUT2D eigenvalue weighted by Crippen LogP contribution is 2.48. The summed E-state index contributed by atoms with van der Waals surface area (Å²) in [6.07, 6.45) is 4.57. The molecule has 2 aliphatic rings. The number of nitrogens with two attached hydrogens (primary N) is 1. The summed E-state index contributed by atoms with van der Waals surface area (Å²) in [5.41, 5.74) is 4.97. The summed E-state index contributed by atoms with van der Waals surface area (Å²) in [4.78, 5) is 0. The lowest BCUT2D eigenvalue weighted by atomic mass is 9.91. The second kappa shape index (κ2) is 3.98. The minimum absolute atomic E-state index is 0.0699. The van der Waals surface area contributed by atoms with E-state index in [1.165, 1.54) is 0 Å². The van der Waals surface area contributed by atoms with Gasteiger partial charge in [0.15, 0.2) is 5.67 Å². The Balaban J connectivity index is 1.77. The first kappa shape index (κ1) is 11.0. The van der Waals surface area contributed by atoms with E-state index in [1.54, 1.807) is 0 Å². The van der Waals surface area contributed by atoms with Gasteiger partial charge in [-0.05, 0) is 49.3 Å². The van der Waals surface area contributed by atoms with Crippen molar-refractivity contribution in [3.8, 4) is 5.75 Å². The monoisotopic (exact) mass is 235 g/mol. The van der Waals surface area contributed by atoms with Crippen molar-refractivity contribution in [2.24, 2.45) is 11.7 Å². The van der Waals surface area contributed by atoms with Gasteiger partial charge < -0.3 is 10.5 Å². The van der Waals surface area contributed by atoms with Crippen LogP contribution >= 0.6 is 0 Å². The summed E-state index contributed by atoms with van der Waals surface area (Å²) in [5, 5.41) is 0. The maximum absolute atomic E-state index is 14.7. The molecule has 3 heteroatoms. The lowest BCUT2D eigenvalue weighted by molar-refractivity contribution is 0.143. The van der Waals surface area contributed by atoms with Crippen LogP contribution in [0.1, 0.15) is 31.2 Å². The first-order valence-electron chi connectivity index (χ1n) is 6.38.